The van der Waals surface area contributed by atoms with Crippen molar-refractivity contribution in [1.29, 1.82) is 0 Å². The number of fused-ring (bicyclic) bond motifs is 5. The third kappa shape index (κ3) is 0.839. The van der Waals surface area contributed by atoms with E-state index in [9.17, 15) is 0 Å². The van der Waals surface area contributed by atoms with Crippen LogP contribution in [-0.4, -0.2) is 15.3 Å². The van der Waals surface area contributed by atoms with Gasteiger partial charge in [0.25, 0.3) is 0 Å². The lowest BCUT2D eigenvalue weighted by molar-refractivity contribution is 0.315. The van der Waals surface area contributed by atoms with Gasteiger partial charge in [0.15, 0.2) is 0 Å². The Morgan fingerprint density at radius 3 is 3.12 bits per heavy atom. The highest BCUT2D eigenvalue weighted by molar-refractivity contribution is 6.19. The quantitative estimate of drug-likeness (QED) is 0.484. The predicted octanol–water partition coefficient (Wildman–Crippen LogP) is 2.86. The number of H-pyrrole nitrogens is 1. The fourth-order valence-electron chi connectivity index (χ4n) is 2.18. The summed E-state index contributed by atoms with van der Waals surface area (Å²) in [5, 5.41) is 10.1. The van der Waals surface area contributed by atoms with E-state index >= 15 is 0 Å². The van der Waals surface area contributed by atoms with Crippen molar-refractivity contribution in [3.63, 3.8) is 0 Å². The first-order valence-corrected chi connectivity index (χ1v) is 5.04. The highest BCUT2D eigenvalue weighted by atomic mass is 16.6. The van der Waals surface area contributed by atoms with E-state index in [0.717, 1.165) is 27.3 Å². The summed E-state index contributed by atoms with van der Waals surface area (Å²) in [7, 11) is 0. The minimum atomic E-state index is 0.823. The number of hydrogen-bond acceptors (Lipinski definition) is 3. The molecule has 0 fully saturated rings. The summed E-state index contributed by atoms with van der Waals surface area (Å²) in [5.74, 6) is 0. The Morgan fingerprint density at radius 1 is 1.19 bits per heavy atom. The zero-order valence-corrected chi connectivity index (χ0v) is 8.27. The Morgan fingerprint density at radius 2 is 2.12 bits per heavy atom. The van der Waals surface area contributed by atoms with Crippen LogP contribution < -0.4 is 0 Å². The summed E-state index contributed by atoms with van der Waals surface area (Å²) in [4.78, 5) is 4.39. The van der Waals surface area contributed by atoms with E-state index in [1.807, 2.05) is 12.1 Å². The van der Waals surface area contributed by atoms with Gasteiger partial charge < -0.3 is 0 Å². The molecule has 0 bridgehead atoms. The summed E-state index contributed by atoms with van der Waals surface area (Å²) in [6, 6.07) is 10.3. The van der Waals surface area contributed by atoms with Crippen molar-refractivity contribution in [2.45, 2.75) is 0 Å². The molecule has 1 N–H and O–H groups in total. The standard InChI is InChI=1S/C12H7N3O/c1-2-4-8-7(3-1)5-9-11(8)12-10(6-13-9)14-16-15-12/h1-6,14H. The molecule has 0 aliphatic rings. The zero-order valence-electron chi connectivity index (χ0n) is 8.27. The zero-order chi connectivity index (χ0) is 10.5. The van der Waals surface area contributed by atoms with Crippen molar-refractivity contribution in [3.8, 4) is 0 Å². The second-order valence-electron chi connectivity index (χ2n) is 3.80. The van der Waals surface area contributed by atoms with Crippen LogP contribution in [0.15, 0.2) is 41.2 Å². The predicted molar refractivity (Wildman–Crippen MR) is 61.2 cm³/mol. The molecule has 0 amide bonds. The lowest BCUT2D eigenvalue weighted by Crippen LogP contribution is -1.76. The molecule has 4 nitrogen and oxygen atoms in total. The summed E-state index contributed by atoms with van der Waals surface area (Å²) in [6.07, 6.45) is 1.74. The minimum Gasteiger partial charge on any atom is -0.270 e. The van der Waals surface area contributed by atoms with Gasteiger partial charge in [-0.3, -0.25) is 9.61 Å². The summed E-state index contributed by atoms with van der Waals surface area (Å²) >= 11 is 0. The highest BCUT2D eigenvalue weighted by Crippen LogP contribution is 2.31. The van der Waals surface area contributed by atoms with Crippen molar-refractivity contribution in [1.82, 2.24) is 15.3 Å². The molecule has 0 aliphatic heterocycles. The van der Waals surface area contributed by atoms with Crippen molar-refractivity contribution in [2.75, 3.05) is 0 Å². The number of aromatic amines is 1. The summed E-state index contributed by atoms with van der Waals surface area (Å²) in [6.45, 7) is 0. The van der Waals surface area contributed by atoms with E-state index in [0.29, 0.717) is 0 Å². The van der Waals surface area contributed by atoms with Crippen LogP contribution in [0.2, 0.25) is 0 Å². The highest BCUT2D eigenvalue weighted by Gasteiger charge is 2.10. The van der Waals surface area contributed by atoms with Crippen LogP contribution in [0.1, 0.15) is 0 Å². The van der Waals surface area contributed by atoms with Gasteiger partial charge in [-0.15, -0.1) is 0 Å². The maximum absolute atomic E-state index is 4.88. The van der Waals surface area contributed by atoms with E-state index in [4.69, 9.17) is 4.63 Å². The molecule has 0 aliphatic carbocycles. The number of nitrogens with zero attached hydrogens (tertiary/aromatic N) is 2. The molecule has 2 aromatic heterocycles. The van der Waals surface area contributed by atoms with Crippen molar-refractivity contribution < 1.29 is 4.63 Å². The minimum absolute atomic E-state index is 0.823. The van der Waals surface area contributed by atoms with Gasteiger partial charge in [0.05, 0.1) is 11.7 Å². The van der Waals surface area contributed by atoms with Crippen LogP contribution in [-0.2, 0) is 0 Å². The van der Waals surface area contributed by atoms with Gasteiger partial charge in [0.2, 0.25) is 0 Å². The fourth-order valence-corrected chi connectivity index (χ4v) is 2.18. The lowest BCUT2D eigenvalue weighted by atomic mass is 10.2. The smallest absolute Gasteiger partial charge is 0.144 e. The lowest BCUT2D eigenvalue weighted by Gasteiger charge is -1.91. The molecule has 2 aromatic carbocycles. The maximum atomic E-state index is 4.88. The molecule has 4 heteroatoms. The van der Waals surface area contributed by atoms with Crippen LogP contribution >= 0.6 is 0 Å². The molecular formula is C12H7N3O. The van der Waals surface area contributed by atoms with E-state index < -0.39 is 0 Å². The monoisotopic (exact) mass is 209 g/mol. The van der Waals surface area contributed by atoms with Crippen LogP contribution in [0, 0.1) is 0 Å². The number of benzene rings is 1. The van der Waals surface area contributed by atoms with Crippen molar-refractivity contribution >= 4 is 32.7 Å². The van der Waals surface area contributed by atoms with Gasteiger partial charge in [-0.2, -0.15) is 5.16 Å². The molecule has 0 spiro atoms. The maximum Gasteiger partial charge on any atom is 0.144 e. The molecule has 4 rings (SSSR count). The molecule has 0 atom stereocenters. The van der Waals surface area contributed by atoms with Gasteiger partial charge >= 0.3 is 0 Å². The Bertz CT molecular complexity index is 813. The SMILES string of the molecule is c1ccc2c(c1)cc1ncc3[nH]onc3c12. The van der Waals surface area contributed by atoms with Gasteiger partial charge in [0, 0.05) is 5.39 Å². The van der Waals surface area contributed by atoms with E-state index in [2.05, 4.69) is 33.5 Å². The largest absolute Gasteiger partial charge is 0.270 e. The van der Waals surface area contributed by atoms with Gasteiger partial charge in [0.1, 0.15) is 11.0 Å². The molecule has 2 heterocycles. The first-order valence-electron chi connectivity index (χ1n) is 5.04. The molecule has 0 radical (unpaired) electrons. The first-order chi connectivity index (χ1) is 7.93. The van der Waals surface area contributed by atoms with Crippen molar-refractivity contribution in [3.05, 3.63) is 36.5 Å². The van der Waals surface area contributed by atoms with Gasteiger partial charge in [-0.1, -0.05) is 29.4 Å². The second kappa shape index (κ2) is 2.61. The van der Waals surface area contributed by atoms with E-state index in [1.165, 1.54) is 5.39 Å². The Hall–Kier alpha value is -2.36. The molecule has 76 valence electrons. The molecule has 0 unspecified atom stereocenters. The third-order valence-electron chi connectivity index (χ3n) is 2.90. The molecule has 0 saturated carbocycles. The van der Waals surface area contributed by atoms with Crippen LogP contribution in [0.5, 0.6) is 0 Å². The van der Waals surface area contributed by atoms with Crippen LogP contribution in [0.3, 0.4) is 0 Å². The van der Waals surface area contributed by atoms with Crippen LogP contribution in [0.4, 0.5) is 0 Å². The average molecular weight is 209 g/mol. The topological polar surface area (TPSA) is 54.7 Å². The molecular weight excluding hydrogens is 202 g/mol. The van der Waals surface area contributed by atoms with E-state index in [1.54, 1.807) is 6.20 Å². The number of nitrogens with one attached hydrogen (secondary N) is 1. The van der Waals surface area contributed by atoms with E-state index in [-0.39, 0.29) is 0 Å². The number of aromatic nitrogens is 3. The van der Waals surface area contributed by atoms with Gasteiger partial charge in [-0.25, -0.2) is 0 Å². The average Bonchev–Trinajstić information content (AvgIpc) is 2.91. The van der Waals surface area contributed by atoms with Crippen LogP contribution in [0.25, 0.3) is 32.7 Å². The number of pyridine rings is 1. The summed E-state index contributed by atoms with van der Waals surface area (Å²) in [5.41, 5.74) is 2.62. The molecule has 16 heavy (non-hydrogen) atoms. The number of hydrogen-bond donors (Lipinski definition) is 1. The summed E-state index contributed by atoms with van der Waals surface area (Å²) < 4.78 is 4.88. The molecule has 0 saturated heterocycles. The number of rotatable bonds is 0. The van der Waals surface area contributed by atoms with Gasteiger partial charge in [-0.05, 0) is 16.8 Å². The Kier molecular flexibility index (Phi) is 1.28. The second-order valence-corrected chi connectivity index (χ2v) is 3.80. The fraction of sp³-hybridized carbons (Fsp3) is 0. The first kappa shape index (κ1) is 7.87. The normalized spacial score (nSPS) is 11.8. The van der Waals surface area contributed by atoms with Crippen molar-refractivity contribution in [2.24, 2.45) is 0 Å². The Balaban J connectivity index is 2.42. The third-order valence-corrected chi connectivity index (χ3v) is 2.90. The molecule has 4 aromatic rings. The Labute approximate surface area is 89.8 Å².